The van der Waals surface area contributed by atoms with Gasteiger partial charge in [-0.15, -0.1) is 26.3 Å². The Balaban J connectivity index is 1.44. The summed E-state index contributed by atoms with van der Waals surface area (Å²) in [7, 11) is -7.35. The lowest BCUT2D eigenvalue weighted by Crippen LogP contribution is -2.22. The van der Waals surface area contributed by atoms with E-state index in [2.05, 4.69) is 34.0 Å². The topological polar surface area (TPSA) is 190 Å². The smallest absolute Gasteiger partial charge is 0.495 e. The Morgan fingerprint density at radius 2 is 1.42 bits per heavy atom. The zero-order chi connectivity index (χ0) is 40.3. The standard InChI is InChI=1S/C31H23ClF6N6O9S2/c1-50-25-4-3-24(52-30(33,34)35)9-26(25)54(46,47)42-22-6-17(10-39-13-22)20-12-41-44(16-20)15-19-5-21(32)8-27(28(19)53-31(36,37)38)55(48,49)43-23-7-18(11-40-14-23)29(45)51-2/h3-14,16,42-43H,15H2,1-2H3. The molecule has 0 saturated carbocycles. The van der Waals surface area contributed by atoms with Gasteiger partial charge >= 0.3 is 18.7 Å². The lowest BCUT2D eigenvalue weighted by Gasteiger charge is -2.18. The van der Waals surface area contributed by atoms with Crippen LogP contribution in [0.2, 0.25) is 5.02 Å². The number of methoxy groups -OCH3 is 2. The molecule has 24 heteroatoms. The summed E-state index contributed by atoms with van der Waals surface area (Å²) in [5, 5.41) is 3.78. The molecule has 0 spiro atoms. The van der Waals surface area contributed by atoms with E-state index < -0.39 is 72.1 Å². The van der Waals surface area contributed by atoms with Gasteiger partial charge in [0.15, 0.2) is 5.75 Å². The number of rotatable bonds is 13. The van der Waals surface area contributed by atoms with E-state index in [-0.39, 0.29) is 38.8 Å². The number of esters is 1. The van der Waals surface area contributed by atoms with Crippen LogP contribution in [-0.4, -0.2) is 69.5 Å². The highest BCUT2D eigenvalue weighted by Crippen LogP contribution is 2.38. The van der Waals surface area contributed by atoms with Crippen molar-refractivity contribution in [2.24, 2.45) is 0 Å². The molecule has 3 heterocycles. The Morgan fingerprint density at radius 1 is 0.782 bits per heavy atom. The minimum absolute atomic E-state index is 0.167. The molecule has 0 aliphatic rings. The van der Waals surface area contributed by atoms with Crippen LogP contribution in [0, 0.1) is 0 Å². The summed E-state index contributed by atoms with van der Waals surface area (Å²) < 4.78 is 156. The van der Waals surface area contributed by atoms with E-state index in [0.29, 0.717) is 12.1 Å². The molecular weight excluding hydrogens is 814 g/mol. The number of nitrogens with zero attached hydrogens (tertiary/aromatic N) is 4. The van der Waals surface area contributed by atoms with Gasteiger partial charge in [-0.05, 0) is 36.4 Å². The molecule has 3 aromatic heterocycles. The molecule has 2 aromatic carbocycles. The van der Waals surface area contributed by atoms with Crippen LogP contribution in [0.25, 0.3) is 11.1 Å². The van der Waals surface area contributed by atoms with Crippen molar-refractivity contribution in [2.45, 2.75) is 29.1 Å². The van der Waals surface area contributed by atoms with Gasteiger partial charge in [-0.2, -0.15) is 5.10 Å². The number of alkyl halides is 6. The minimum atomic E-state index is -5.38. The molecule has 5 aromatic rings. The van der Waals surface area contributed by atoms with Crippen LogP contribution in [-0.2, 0) is 31.3 Å². The Bertz CT molecular complexity index is 2470. The highest BCUT2D eigenvalue weighted by molar-refractivity contribution is 7.93. The summed E-state index contributed by atoms with van der Waals surface area (Å²) >= 11 is 6.16. The molecular formula is C31H23ClF6N6O9S2. The van der Waals surface area contributed by atoms with Crippen LogP contribution >= 0.6 is 11.6 Å². The number of halogens is 7. The number of ether oxygens (including phenoxy) is 4. The van der Waals surface area contributed by atoms with E-state index >= 15 is 0 Å². The van der Waals surface area contributed by atoms with Crippen molar-refractivity contribution in [3.05, 3.63) is 95.8 Å². The number of sulfonamides is 2. The van der Waals surface area contributed by atoms with Crippen molar-refractivity contribution >= 4 is 49.0 Å². The molecule has 55 heavy (non-hydrogen) atoms. The Kier molecular flexibility index (Phi) is 11.4. The van der Waals surface area contributed by atoms with Gasteiger partial charge in [-0.25, -0.2) is 21.6 Å². The van der Waals surface area contributed by atoms with E-state index in [9.17, 15) is 48.0 Å². The number of aromatic nitrogens is 4. The normalized spacial score (nSPS) is 12.2. The van der Waals surface area contributed by atoms with Gasteiger partial charge in [0.2, 0.25) is 0 Å². The zero-order valence-electron chi connectivity index (χ0n) is 27.6. The number of carbonyl (C=O) groups is 1. The molecule has 0 amide bonds. The molecule has 15 nitrogen and oxygen atoms in total. The number of pyridine rings is 2. The van der Waals surface area contributed by atoms with Gasteiger partial charge < -0.3 is 18.9 Å². The van der Waals surface area contributed by atoms with Gasteiger partial charge in [0.1, 0.15) is 21.3 Å². The second kappa shape index (κ2) is 15.5. The summed E-state index contributed by atoms with van der Waals surface area (Å²) in [6.45, 7) is -0.552. The fourth-order valence-corrected chi connectivity index (χ4v) is 7.56. The van der Waals surface area contributed by atoms with Crippen molar-refractivity contribution in [3.8, 4) is 28.4 Å². The lowest BCUT2D eigenvalue weighted by atomic mass is 10.1. The maximum absolute atomic E-state index is 13.7. The van der Waals surface area contributed by atoms with Crippen LogP contribution in [0.5, 0.6) is 17.2 Å². The van der Waals surface area contributed by atoms with Crippen molar-refractivity contribution in [3.63, 3.8) is 0 Å². The largest absolute Gasteiger partial charge is 0.573 e. The van der Waals surface area contributed by atoms with Gasteiger partial charge in [-0.1, -0.05) is 11.6 Å². The van der Waals surface area contributed by atoms with E-state index in [0.717, 1.165) is 61.8 Å². The van der Waals surface area contributed by atoms with Crippen LogP contribution in [0.3, 0.4) is 0 Å². The number of anilines is 2. The van der Waals surface area contributed by atoms with Gasteiger partial charge in [-0.3, -0.25) is 24.1 Å². The van der Waals surface area contributed by atoms with Crippen LogP contribution < -0.4 is 23.7 Å². The average molecular weight is 837 g/mol. The number of hydrogen-bond donors (Lipinski definition) is 2. The van der Waals surface area contributed by atoms with Crippen molar-refractivity contribution < 1.29 is 66.9 Å². The Hall–Kier alpha value is -5.81. The third kappa shape index (κ3) is 10.2. The number of benzene rings is 2. The van der Waals surface area contributed by atoms with Gasteiger partial charge in [0, 0.05) is 46.4 Å². The molecule has 5 rings (SSSR count). The Morgan fingerprint density at radius 3 is 2.05 bits per heavy atom. The molecule has 292 valence electrons. The van der Waals surface area contributed by atoms with Crippen LogP contribution in [0.1, 0.15) is 15.9 Å². The first-order chi connectivity index (χ1) is 25.7. The molecule has 0 aliphatic heterocycles. The molecule has 2 N–H and O–H groups in total. The summed E-state index contributed by atoms with van der Waals surface area (Å²) in [6, 6.07) is 6.46. The van der Waals surface area contributed by atoms with Crippen molar-refractivity contribution in [2.75, 3.05) is 23.7 Å². The number of carbonyl (C=O) groups excluding carboxylic acids is 1. The average Bonchev–Trinajstić information content (AvgIpc) is 3.56. The minimum Gasteiger partial charge on any atom is -0.495 e. The highest BCUT2D eigenvalue weighted by Gasteiger charge is 2.36. The van der Waals surface area contributed by atoms with Crippen molar-refractivity contribution in [1.29, 1.82) is 0 Å². The monoisotopic (exact) mass is 836 g/mol. The summed E-state index contributed by atoms with van der Waals surface area (Å²) in [5.41, 5.74) is -0.592. The maximum Gasteiger partial charge on any atom is 0.573 e. The number of hydrogen-bond acceptors (Lipinski definition) is 12. The second-order valence-corrected chi connectivity index (χ2v) is 14.6. The van der Waals surface area contributed by atoms with Crippen molar-refractivity contribution in [1.82, 2.24) is 19.7 Å². The molecule has 0 saturated heterocycles. The molecule has 0 aliphatic carbocycles. The van der Waals surface area contributed by atoms with Crippen LogP contribution in [0.15, 0.2) is 89.4 Å². The molecule has 0 atom stereocenters. The molecule has 0 unspecified atom stereocenters. The van der Waals surface area contributed by atoms with E-state index in [4.69, 9.17) is 16.3 Å². The first kappa shape index (κ1) is 40.4. The van der Waals surface area contributed by atoms with E-state index in [1.807, 2.05) is 4.72 Å². The maximum atomic E-state index is 13.7. The third-order valence-electron chi connectivity index (χ3n) is 6.96. The van der Waals surface area contributed by atoms with E-state index in [1.165, 1.54) is 24.7 Å². The Labute approximate surface area is 311 Å². The quantitative estimate of drug-likeness (QED) is 0.101. The predicted octanol–water partition coefficient (Wildman–Crippen LogP) is 6.24. The fraction of sp³-hybridized carbons (Fsp3) is 0.161. The highest BCUT2D eigenvalue weighted by atomic mass is 35.5. The fourth-order valence-electron chi connectivity index (χ4n) is 4.81. The SMILES string of the molecule is COC(=O)c1cncc(NS(=O)(=O)c2cc(Cl)cc(Cn3cc(-c4cncc(NS(=O)(=O)c5cc(OC(F)(F)F)ccc5OC)c4)cn3)c2OC(F)(F)F)c1. The lowest BCUT2D eigenvalue weighted by molar-refractivity contribution is -0.276. The number of nitrogens with one attached hydrogen (secondary N) is 2. The molecule has 0 radical (unpaired) electrons. The summed E-state index contributed by atoms with van der Waals surface area (Å²) in [4.78, 5) is 17.9. The van der Waals surface area contributed by atoms with Gasteiger partial charge in [0.25, 0.3) is 20.0 Å². The third-order valence-corrected chi connectivity index (χ3v) is 9.97. The summed E-state index contributed by atoms with van der Waals surface area (Å²) in [5.74, 6) is -3.16. The van der Waals surface area contributed by atoms with Crippen LogP contribution in [0.4, 0.5) is 37.7 Å². The zero-order valence-corrected chi connectivity index (χ0v) is 30.0. The first-order valence-electron chi connectivity index (χ1n) is 14.7. The molecule has 0 fully saturated rings. The van der Waals surface area contributed by atoms with E-state index in [1.54, 1.807) is 0 Å². The summed E-state index contributed by atoms with van der Waals surface area (Å²) in [6.07, 6.45) is -3.56. The second-order valence-electron chi connectivity index (χ2n) is 10.9. The molecule has 0 bridgehead atoms. The predicted molar refractivity (Wildman–Crippen MR) is 180 cm³/mol. The van der Waals surface area contributed by atoms with Gasteiger partial charge in [0.05, 0.1) is 56.3 Å². The first-order valence-corrected chi connectivity index (χ1v) is 18.1.